The zero-order valence-electron chi connectivity index (χ0n) is 32.1. The van der Waals surface area contributed by atoms with Gasteiger partial charge in [-0.15, -0.1) is 11.3 Å². The van der Waals surface area contributed by atoms with Crippen molar-refractivity contribution in [1.82, 2.24) is 0 Å². The number of fused-ring (bicyclic) bond motifs is 16. The second-order valence-corrected chi connectivity index (χ2v) is 17.1. The van der Waals surface area contributed by atoms with Crippen molar-refractivity contribution in [3.63, 3.8) is 0 Å². The van der Waals surface area contributed by atoms with Crippen LogP contribution in [0.2, 0.25) is 0 Å². The Hall–Kier alpha value is -7.26. The fraction of sp³-hybridized carbons (Fsp3) is 0.0175. The lowest BCUT2D eigenvalue weighted by Gasteiger charge is -2.30. The van der Waals surface area contributed by atoms with Gasteiger partial charge in [0.1, 0.15) is 0 Å². The van der Waals surface area contributed by atoms with Crippen LogP contribution >= 0.6 is 11.3 Å². The zero-order chi connectivity index (χ0) is 38.7. The number of hydrogen-bond donors (Lipinski definition) is 0. The molecule has 0 aliphatic heterocycles. The second kappa shape index (κ2) is 12.4. The average molecular weight is 766 g/mol. The molecule has 0 amide bonds. The lowest BCUT2D eigenvalue weighted by atomic mass is 9.70. The number of benzene rings is 10. The van der Waals surface area contributed by atoms with Gasteiger partial charge in [0.05, 0.1) is 5.41 Å². The van der Waals surface area contributed by atoms with Gasteiger partial charge in [-0.3, -0.25) is 0 Å². The van der Waals surface area contributed by atoms with Crippen molar-refractivity contribution < 1.29 is 0 Å². The highest BCUT2D eigenvalue weighted by Gasteiger charge is 2.51. The Labute approximate surface area is 346 Å². The summed E-state index contributed by atoms with van der Waals surface area (Å²) in [5.74, 6) is 0. The molecule has 0 N–H and O–H groups in total. The Morgan fingerprint density at radius 2 is 0.831 bits per heavy atom. The predicted molar refractivity (Wildman–Crippen MR) is 251 cm³/mol. The highest BCUT2D eigenvalue weighted by molar-refractivity contribution is 7.25. The third kappa shape index (κ3) is 4.61. The predicted octanol–water partition coefficient (Wildman–Crippen LogP) is 15.8. The molecule has 0 saturated heterocycles. The Balaban J connectivity index is 0.967. The van der Waals surface area contributed by atoms with E-state index in [1.165, 1.54) is 97.4 Å². The van der Waals surface area contributed by atoms with Crippen LogP contribution in [0.1, 0.15) is 22.3 Å². The lowest BCUT2D eigenvalue weighted by Crippen LogP contribution is -2.25. The van der Waals surface area contributed by atoms with Gasteiger partial charge in [0.15, 0.2) is 0 Å². The first-order chi connectivity index (χ1) is 29.2. The number of rotatable bonds is 4. The minimum atomic E-state index is -0.363. The summed E-state index contributed by atoms with van der Waals surface area (Å²) >= 11 is 1.86. The van der Waals surface area contributed by atoms with Crippen molar-refractivity contribution in [3.8, 4) is 33.4 Å². The molecule has 11 aromatic rings. The van der Waals surface area contributed by atoms with Gasteiger partial charge in [0.2, 0.25) is 0 Å². The summed E-state index contributed by atoms with van der Waals surface area (Å²) in [5, 5.41) is 7.64. The van der Waals surface area contributed by atoms with Crippen LogP contribution in [0.25, 0.3) is 75.1 Å². The molecule has 2 aliphatic carbocycles. The monoisotopic (exact) mass is 765 g/mol. The van der Waals surface area contributed by atoms with Crippen molar-refractivity contribution in [3.05, 3.63) is 235 Å². The minimum absolute atomic E-state index is 0.363. The molecule has 274 valence electrons. The van der Waals surface area contributed by atoms with Crippen molar-refractivity contribution in [2.45, 2.75) is 5.41 Å². The van der Waals surface area contributed by atoms with Crippen molar-refractivity contribution in [2.24, 2.45) is 0 Å². The van der Waals surface area contributed by atoms with Crippen molar-refractivity contribution >= 4 is 70.1 Å². The number of nitrogens with zero attached hydrogens (tertiary/aromatic N) is 1. The molecule has 2 heteroatoms. The van der Waals surface area contributed by atoms with Gasteiger partial charge in [0.25, 0.3) is 0 Å². The average Bonchev–Trinajstić information content (AvgIpc) is 3.93. The van der Waals surface area contributed by atoms with Crippen LogP contribution in [-0.4, -0.2) is 0 Å². The molecule has 1 heterocycles. The van der Waals surface area contributed by atoms with E-state index >= 15 is 0 Å². The van der Waals surface area contributed by atoms with E-state index in [1.807, 2.05) is 11.3 Å². The van der Waals surface area contributed by atoms with Gasteiger partial charge in [-0.2, -0.15) is 0 Å². The summed E-state index contributed by atoms with van der Waals surface area (Å²) in [4.78, 5) is 2.42. The molecule has 1 aromatic heterocycles. The maximum atomic E-state index is 2.48. The molecule has 2 aliphatic rings. The molecule has 13 rings (SSSR count). The molecular weight excluding hydrogens is 731 g/mol. The quantitative estimate of drug-likeness (QED) is 0.161. The molecule has 1 spiro atoms. The van der Waals surface area contributed by atoms with E-state index in [9.17, 15) is 0 Å². The first-order valence-corrected chi connectivity index (χ1v) is 21.2. The maximum Gasteiger partial charge on any atom is 0.0725 e. The summed E-state index contributed by atoms with van der Waals surface area (Å²) in [5.41, 5.74) is 16.2. The SMILES string of the molecule is c1ccc2c(c1)-c1ccccc1C21c2ccccc2-c2ccc(-c3ccc(N(c4ccc5c(ccc6ccccc65)c4)c4ccc5sc6ccccc6c5c4)cc3)cc21. The van der Waals surface area contributed by atoms with Crippen LogP contribution in [-0.2, 0) is 5.41 Å². The van der Waals surface area contributed by atoms with Crippen LogP contribution < -0.4 is 4.90 Å². The summed E-state index contributed by atoms with van der Waals surface area (Å²) in [7, 11) is 0. The van der Waals surface area contributed by atoms with Crippen LogP contribution in [0.5, 0.6) is 0 Å². The highest BCUT2D eigenvalue weighted by atomic mass is 32.1. The molecule has 0 saturated carbocycles. The van der Waals surface area contributed by atoms with Gasteiger partial charge in [0, 0.05) is 37.2 Å². The summed E-state index contributed by atoms with van der Waals surface area (Å²) in [6.45, 7) is 0. The maximum absolute atomic E-state index is 2.48. The van der Waals surface area contributed by atoms with Crippen LogP contribution in [0.15, 0.2) is 212 Å². The standard InChI is InChI=1S/C57H35NS/c1-2-12-43-37(11-1)21-22-39-33-41(28-31-44(39)43)58(42-29-32-56-50(35-42)49-16-6-10-20-55(49)59-56)40-26-23-36(24-27-40)38-25-30-48-47-15-5-9-19-53(47)57(54(48)34-38)51-17-7-3-13-45(51)46-14-4-8-18-52(46)57/h1-35H. The highest BCUT2D eigenvalue weighted by Crippen LogP contribution is 2.63. The number of anilines is 3. The molecule has 0 radical (unpaired) electrons. The molecule has 0 atom stereocenters. The fourth-order valence-corrected chi connectivity index (χ4v) is 11.6. The third-order valence-electron chi connectivity index (χ3n) is 13.1. The molecule has 0 bridgehead atoms. The van der Waals surface area contributed by atoms with Gasteiger partial charge in [-0.1, -0.05) is 158 Å². The summed E-state index contributed by atoms with van der Waals surface area (Å²) in [6.07, 6.45) is 0. The van der Waals surface area contributed by atoms with Crippen molar-refractivity contribution in [1.29, 1.82) is 0 Å². The van der Waals surface area contributed by atoms with E-state index in [0.29, 0.717) is 0 Å². The van der Waals surface area contributed by atoms with Gasteiger partial charge in [-0.25, -0.2) is 0 Å². The van der Waals surface area contributed by atoms with E-state index in [4.69, 9.17) is 0 Å². The normalized spacial score (nSPS) is 13.2. The van der Waals surface area contributed by atoms with Gasteiger partial charge < -0.3 is 4.90 Å². The van der Waals surface area contributed by atoms with Crippen molar-refractivity contribution in [2.75, 3.05) is 4.90 Å². The largest absolute Gasteiger partial charge is 0.310 e. The van der Waals surface area contributed by atoms with Crippen LogP contribution in [0, 0.1) is 0 Å². The molecule has 10 aromatic carbocycles. The Morgan fingerprint density at radius 3 is 1.58 bits per heavy atom. The molecule has 0 fully saturated rings. The number of thiophene rings is 1. The third-order valence-corrected chi connectivity index (χ3v) is 14.2. The lowest BCUT2D eigenvalue weighted by molar-refractivity contribution is 0.794. The second-order valence-electron chi connectivity index (χ2n) is 16.0. The van der Waals surface area contributed by atoms with E-state index in [2.05, 4.69) is 217 Å². The van der Waals surface area contributed by atoms with Crippen LogP contribution in [0.4, 0.5) is 17.1 Å². The molecular formula is C57H35NS. The Kier molecular flexibility index (Phi) is 6.87. The Bertz CT molecular complexity index is 3450. The van der Waals surface area contributed by atoms with E-state index in [-0.39, 0.29) is 5.41 Å². The molecule has 0 unspecified atom stereocenters. The smallest absolute Gasteiger partial charge is 0.0725 e. The molecule has 1 nitrogen and oxygen atoms in total. The first-order valence-electron chi connectivity index (χ1n) is 20.4. The summed E-state index contributed by atoms with van der Waals surface area (Å²) in [6, 6.07) is 79.3. The fourth-order valence-electron chi connectivity index (χ4n) is 10.5. The summed E-state index contributed by atoms with van der Waals surface area (Å²) < 4.78 is 2.62. The van der Waals surface area contributed by atoms with Gasteiger partial charge in [-0.05, 0) is 132 Å². The molecule has 59 heavy (non-hydrogen) atoms. The van der Waals surface area contributed by atoms with Crippen LogP contribution in [0.3, 0.4) is 0 Å². The topological polar surface area (TPSA) is 3.24 Å². The van der Waals surface area contributed by atoms with E-state index in [0.717, 1.165) is 17.1 Å². The zero-order valence-corrected chi connectivity index (χ0v) is 32.9. The van der Waals surface area contributed by atoms with E-state index < -0.39 is 0 Å². The van der Waals surface area contributed by atoms with E-state index in [1.54, 1.807) is 0 Å². The Morgan fingerprint density at radius 1 is 0.305 bits per heavy atom. The minimum Gasteiger partial charge on any atom is -0.310 e. The first kappa shape index (κ1) is 32.8. The van der Waals surface area contributed by atoms with Gasteiger partial charge >= 0.3 is 0 Å². The number of hydrogen-bond acceptors (Lipinski definition) is 2.